The van der Waals surface area contributed by atoms with E-state index in [1.807, 2.05) is 0 Å². The zero-order valence-corrected chi connectivity index (χ0v) is 26.4. The molecule has 4 unspecified atom stereocenters. The van der Waals surface area contributed by atoms with Gasteiger partial charge in [-0.05, 0) is 43.4 Å². The maximum atomic E-state index is 13.8. The van der Waals surface area contributed by atoms with Crippen molar-refractivity contribution >= 4 is 11.9 Å². The monoisotopic (exact) mass is 615 g/mol. The minimum Gasteiger partial charge on any atom is -0.497 e. The van der Waals surface area contributed by atoms with Gasteiger partial charge in [0.25, 0.3) is 0 Å². The number of piperidine rings is 1. The van der Waals surface area contributed by atoms with Crippen LogP contribution in [-0.2, 0) is 33.2 Å². The standard InChI is InChI=1S/C33H45NO10/c1-17(35)44-32-14-22(41-5)31(37)13-20(23(32)28(31)43-29(36)18-8-7-9-19(12-18)39-3)33-21(40-4)10-11-30(16-38-2)15-34-27(33)24(32)25(42-6)26(30)33/h7-9,12,20-28,34,37H,10-11,13-16H2,1-6H3/t20?,21-,22-,23?,24?,25-,26+,27?,28+,30-,31-,32+,33-/m0/s1. The summed E-state index contributed by atoms with van der Waals surface area (Å²) < 4.78 is 43.1. The quantitative estimate of drug-likeness (QED) is 0.396. The number of hydrogen-bond donors (Lipinski definition) is 2. The molecule has 0 amide bonds. The summed E-state index contributed by atoms with van der Waals surface area (Å²) in [6.45, 7) is 2.70. The average Bonchev–Trinajstić information content (AvgIpc) is 3.36. The minimum atomic E-state index is -1.52. The molecule has 1 aliphatic heterocycles. The van der Waals surface area contributed by atoms with E-state index in [2.05, 4.69) is 5.32 Å². The predicted molar refractivity (Wildman–Crippen MR) is 155 cm³/mol. The first-order valence-corrected chi connectivity index (χ1v) is 15.7. The minimum absolute atomic E-state index is 0.00369. The lowest BCUT2D eigenvalue weighted by molar-refractivity contribution is -0.271. The van der Waals surface area contributed by atoms with Crippen LogP contribution in [-0.4, -0.2) is 107 Å². The summed E-state index contributed by atoms with van der Waals surface area (Å²) in [6.07, 6.45) is 0.0502. The van der Waals surface area contributed by atoms with E-state index in [1.165, 1.54) is 14.0 Å². The van der Waals surface area contributed by atoms with E-state index in [0.717, 1.165) is 19.4 Å². The summed E-state index contributed by atoms with van der Waals surface area (Å²) >= 11 is 0. The van der Waals surface area contributed by atoms with Crippen molar-refractivity contribution in [2.24, 2.45) is 34.5 Å². The van der Waals surface area contributed by atoms with Gasteiger partial charge < -0.3 is 43.6 Å². The van der Waals surface area contributed by atoms with Gasteiger partial charge in [-0.15, -0.1) is 0 Å². The molecule has 6 aliphatic rings. The molecular formula is C33H45NO10. The molecule has 11 nitrogen and oxygen atoms in total. The van der Waals surface area contributed by atoms with Gasteiger partial charge in [0.1, 0.15) is 23.1 Å². The van der Waals surface area contributed by atoms with Crippen LogP contribution >= 0.6 is 0 Å². The van der Waals surface area contributed by atoms with Gasteiger partial charge in [0.2, 0.25) is 0 Å². The van der Waals surface area contributed by atoms with E-state index in [4.69, 9.17) is 33.2 Å². The number of fused-ring (bicyclic) bond motifs is 2. The normalized spacial score (nSPS) is 47.7. The second kappa shape index (κ2) is 10.4. The van der Waals surface area contributed by atoms with Crippen molar-refractivity contribution in [3.05, 3.63) is 29.8 Å². The lowest BCUT2D eigenvalue weighted by atomic mass is 9.43. The Labute approximate surface area is 258 Å². The van der Waals surface area contributed by atoms with Crippen LogP contribution in [0.2, 0.25) is 0 Å². The number of carbonyl (C=O) groups is 2. The van der Waals surface area contributed by atoms with Gasteiger partial charge in [-0.25, -0.2) is 4.79 Å². The Bertz CT molecular complexity index is 1320. The van der Waals surface area contributed by atoms with Crippen LogP contribution in [0.4, 0.5) is 0 Å². The van der Waals surface area contributed by atoms with E-state index < -0.39 is 46.7 Å². The van der Waals surface area contributed by atoms with E-state index in [0.29, 0.717) is 24.3 Å². The molecule has 1 aromatic rings. The van der Waals surface area contributed by atoms with Gasteiger partial charge in [-0.1, -0.05) is 6.07 Å². The van der Waals surface area contributed by atoms with Crippen LogP contribution in [0.3, 0.4) is 0 Å². The number of ether oxygens (including phenoxy) is 7. The largest absolute Gasteiger partial charge is 0.497 e. The molecule has 242 valence electrons. The van der Waals surface area contributed by atoms with Crippen molar-refractivity contribution in [3.63, 3.8) is 0 Å². The van der Waals surface area contributed by atoms with Crippen LogP contribution in [0.25, 0.3) is 0 Å². The highest BCUT2D eigenvalue weighted by Crippen LogP contribution is 2.79. The molecule has 0 radical (unpaired) electrons. The van der Waals surface area contributed by atoms with Gasteiger partial charge in [0, 0.05) is 83.0 Å². The Hall–Kier alpha value is -2.28. The first kappa shape index (κ1) is 30.4. The van der Waals surface area contributed by atoms with E-state index in [9.17, 15) is 14.7 Å². The van der Waals surface area contributed by atoms with Crippen LogP contribution in [0.1, 0.15) is 43.0 Å². The average molecular weight is 616 g/mol. The first-order chi connectivity index (χ1) is 21.1. The Balaban J connectivity index is 1.44. The lowest BCUT2D eigenvalue weighted by Gasteiger charge is -2.67. The number of carbonyl (C=O) groups excluding carboxylic acids is 2. The number of rotatable bonds is 9. The van der Waals surface area contributed by atoms with Crippen LogP contribution < -0.4 is 10.1 Å². The maximum absolute atomic E-state index is 13.8. The number of nitrogens with one attached hydrogen (secondary N) is 1. The van der Waals surface area contributed by atoms with Crippen molar-refractivity contribution in [1.82, 2.24) is 5.32 Å². The van der Waals surface area contributed by atoms with Crippen molar-refractivity contribution in [2.75, 3.05) is 48.7 Å². The molecule has 11 heteroatoms. The highest BCUT2D eigenvalue weighted by Gasteiger charge is 2.89. The molecule has 6 fully saturated rings. The molecule has 7 rings (SSSR count). The number of hydrogen-bond acceptors (Lipinski definition) is 11. The van der Waals surface area contributed by atoms with E-state index in [1.54, 1.807) is 52.7 Å². The summed E-state index contributed by atoms with van der Waals surface area (Å²) in [6, 6.07) is 6.63. The first-order valence-electron chi connectivity index (χ1n) is 15.7. The Morgan fingerprint density at radius 2 is 1.80 bits per heavy atom. The summed E-state index contributed by atoms with van der Waals surface area (Å²) in [5, 5.41) is 16.6. The Morgan fingerprint density at radius 3 is 2.45 bits per heavy atom. The van der Waals surface area contributed by atoms with Crippen molar-refractivity contribution < 1.29 is 47.9 Å². The summed E-state index contributed by atoms with van der Waals surface area (Å²) in [5.41, 5.74) is -3.10. The van der Waals surface area contributed by atoms with Crippen molar-refractivity contribution in [3.8, 4) is 5.75 Å². The fourth-order valence-electron chi connectivity index (χ4n) is 11.8. The molecule has 1 aromatic carbocycles. The fraction of sp³-hybridized carbons (Fsp3) is 0.758. The second-order valence-electron chi connectivity index (χ2n) is 14.0. The van der Waals surface area contributed by atoms with Crippen LogP contribution in [0.15, 0.2) is 24.3 Å². The van der Waals surface area contributed by atoms with Gasteiger partial charge >= 0.3 is 11.9 Å². The topological polar surface area (TPSA) is 131 Å². The highest BCUT2D eigenvalue weighted by molar-refractivity contribution is 5.90. The molecule has 2 N–H and O–H groups in total. The molecule has 1 spiro atoms. The molecule has 5 saturated carbocycles. The number of esters is 2. The summed E-state index contributed by atoms with van der Waals surface area (Å²) in [5.74, 6) is -1.57. The molecule has 5 aliphatic carbocycles. The zero-order chi connectivity index (χ0) is 31.2. The molecule has 44 heavy (non-hydrogen) atoms. The van der Waals surface area contributed by atoms with Gasteiger partial charge in [-0.3, -0.25) is 4.79 Å². The van der Waals surface area contributed by atoms with Crippen LogP contribution in [0, 0.1) is 34.5 Å². The summed E-state index contributed by atoms with van der Waals surface area (Å²) in [4.78, 5) is 26.9. The lowest BCUT2D eigenvalue weighted by Crippen LogP contribution is -2.77. The molecule has 1 saturated heterocycles. The van der Waals surface area contributed by atoms with Crippen molar-refractivity contribution in [2.45, 2.75) is 74.3 Å². The fourth-order valence-corrected chi connectivity index (χ4v) is 11.8. The number of aliphatic hydroxyl groups is 1. The maximum Gasteiger partial charge on any atom is 0.338 e. The smallest absolute Gasteiger partial charge is 0.338 e. The van der Waals surface area contributed by atoms with Crippen LogP contribution in [0.5, 0.6) is 5.75 Å². The predicted octanol–water partition coefficient (Wildman–Crippen LogP) is 1.98. The van der Waals surface area contributed by atoms with Crippen molar-refractivity contribution in [1.29, 1.82) is 0 Å². The van der Waals surface area contributed by atoms with E-state index in [-0.39, 0.29) is 47.8 Å². The molecular weight excluding hydrogens is 570 g/mol. The van der Waals surface area contributed by atoms with Gasteiger partial charge in [-0.2, -0.15) is 0 Å². The summed E-state index contributed by atoms with van der Waals surface area (Å²) in [7, 11) is 8.32. The third-order valence-corrected chi connectivity index (χ3v) is 12.7. The van der Waals surface area contributed by atoms with Gasteiger partial charge in [0.15, 0.2) is 0 Å². The second-order valence-corrected chi connectivity index (χ2v) is 14.0. The number of benzene rings is 1. The third kappa shape index (κ3) is 3.59. The molecule has 1 heterocycles. The zero-order valence-electron chi connectivity index (χ0n) is 26.4. The highest BCUT2D eigenvalue weighted by atomic mass is 16.6. The third-order valence-electron chi connectivity index (χ3n) is 12.7. The molecule has 7 bridgehead atoms. The SMILES string of the molecule is COC[C@]12CC[C@H](OC)[C@]34C5C[C@]6(O)[C@@H](OC)C[C@@](OC(C)=O)(C5[C@H]6OC(=O)c5cccc(OC)c5)C(C3NC1)[C@H](OC)[C@H]24. The molecule has 13 atom stereocenters. The molecule has 0 aromatic heterocycles. The van der Waals surface area contributed by atoms with Gasteiger partial charge in [0.05, 0.1) is 37.6 Å². The van der Waals surface area contributed by atoms with E-state index >= 15 is 0 Å². The Kier molecular flexibility index (Phi) is 7.16. The Morgan fingerprint density at radius 1 is 1.02 bits per heavy atom. The number of methoxy groups -OCH3 is 5.